The number of pyridine rings is 1. The summed E-state index contributed by atoms with van der Waals surface area (Å²) in [6.45, 7) is 3.99. The third-order valence-electron chi connectivity index (χ3n) is 5.38. The standard InChI is InChI=1S/C21H21N7O3S/c1-13(2)28-19-8-16(23-10-18(19)26-20(28)12-29)7-15-5-6-22-21(25-15)14-9-24-27(11-14)32(30,31)17-3-4-17/h5-6,8-13,17H,3-4,7H2,1-2H3. The molecule has 1 fully saturated rings. The van der Waals surface area contributed by atoms with Crippen molar-refractivity contribution in [2.75, 3.05) is 0 Å². The number of hydrogen-bond donors (Lipinski definition) is 0. The molecule has 0 radical (unpaired) electrons. The number of aromatic nitrogens is 7. The van der Waals surface area contributed by atoms with Crippen LogP contribution in [0.15, 0.2) is 36.9 Å². The van der Waals surface area contributed by atoms with Gasteiger partial charge in [-0.25, -0.2) is 23.4 Å². The van der Waals surface area contributed by atoms with E-state index in [1.165, 1.54) is 12.4 Å². The Kier molecular flexibility index (Phi) is 4.85. The highest BCUT2D eigenvalue weighted by molar-refractivity contribution is 7.90. The van der Waals surface area contributed by atoms with Crippen molar-refractivity contribution in [3.63, 3.8) is 0 Å². The summed E-state index contributed by atoms with van der Waals surface area (Å²) < 4.78 is 27.7. The summed E-state index contributed by atoms with van der Waals surface area (Å²) in [5, 5.41) is 3.66. The van der Waals surface area contributed by atoms with E-state index in [2.05, 4.69) is 25.0 Å². The Labute approximate surface area is 184 Å². The van der Waals surface area contributed by atoms with Crippen LogP contribution in [0.3, 0.4) is 0 Å². The number of nitrogens with zero attached hydrogens (tertiary/aromatic N) is 7. The summed E-state index contributed by atoms with van der Waals surface area (Å²) in [5.41, 5.74) is 3.54. The molecule has 32 heavy (non-hydrogen) atoms. The van der Waals surface area contributed by atoms with Crippen molar-refractivity contribution in [3.8, 4) is 11.4 Å². The van der Waals surface area contributed by atoms with Gasteiger partial charge in [-0.05, 0) is 38.8 Å². The lowest BCUT2D eigenvalue weighted by Crippen LogP contribution is -2.17. The van der Waals surface area contributed by atoms with Gasteiger partial charge in [0, 0.05) is 24.4 Å². The van der Waals surface area contributed by atoms with Crippen molar-refractivity contribution in [2.24, 2.45) is 0 Å². The number of aldehydes is 1. The number of hydrogen-bond acceptors (Lipinski definition) is 8. The van der Waals surface area contributed by atoms with Gasteiger partial charge in [0.1, 0.15) is 5.52 Å². The molecule has 1 saturated carbocycles. The van der Waals surface area contributed by atoms with Crippen LogP contribution in [0.4, 0.5) is 0 Å². The van der Waals surface area contributed by atoms with Gasteiger partial charge in [0.05, 0.1) is 40.6 Å². The summed E-state index contributed by atoms with van der Waals surface area (Å²) in [7, 11) is -3.44. The Balaban J connectivity index is 1.44. The van der Waals surface area contributed by atoms with Crippen LogP contribution in [0.1, 0.15) is 54.7 Å². The Morgan fingerprint density at radius 3 is 2.69 bits per heavy atom. The van der Waals surface area contributed by atoms with Crippen LogP contribution in [0, 0.1) is 0 Å². The molecule has 11 heteroatoms. The molecule has 0 saturated heterocycles. The lowest BCUT2D eigenvalue weighted by atomic mass is 10.2. The van der Waals surface area contributed by atoms with Crippen LogP contribution < -0.4 is 0 Å². The van der Waals surface area contributed by atoms with Crippen molar-refractivity contribution < 1.29 is 13.2 Å². The third-order valence-corrected chi connectivity index (χ3v) is 7.42. The number of fused-ring (bicyclic) bond motifs is 1. The van der Waals surface area contributed by atoms with E-state index in [0.717, 1.165) is 27.3 Å². The number of imidazole rings is 1. The van der Waals surface area contributed by atoms with Gasteiger partial charge < -0.3 is 4.57 Å². The first kappa shape index (κ1) is 20.4. The molecule has 4 heterocycles. The molecule has 0 unspecified atom stereocenters. The number of carbonyl (C=O) groups excluding carboxylic acids is 1. The molecule has 1 aliphatic rings. The molecule has 0 aliphatic heterocycles. The summed E-state index contributed by atoms with van der Waals surface area (Å²) in [4.78, 5) is 29.0. The van der Waals surface area contributed by atoms with E-state index in [4.69, 9.17) is 0 Å². The first-order chi connectivity index (χ1) is 15.4. The SMILES string of the molecule is CC(C)n1c(C=O)nc2cnc(Cc3ccnc(-c4cnn(S(=O)(=O)C5CC5)c4)n3)cc21. The van der Waals surface area contributed by atoms with Crippen molar-refractivity contribution >= 4 is 27.3 Å². The van der Waals surface area contributed by atoms with Crippen LogP contribution in [0.25, 0.3) is 22.4 Å². The highest BCUT2D eigenvalue weighted by atomic mass is 32.2. The van der Waals surface area contributed by atoms with Gasteiger partial charge in [-0.15, -0.1) is 0 Å². The van der Waals surface area contributed by atoms with Gasteiger partial charge in [0.25, 0.3) is 10.0 Å². The van der Waals surface area contributed by atoms with Crippen LogP contribution in [-0.4, -0.2) is 53.6 Å². The second-order valence-electron chi connectivity index (χ2n) is 8.11. The lowest BCUT2D eigenvalue weighted by molar-refractivity contribution is 0.111. The largest absolute Gasteiger partial charge is 0.319 e. The van der Waals surface area contributed by atoms with Crippen molar-refractivity contribution in [3.05, 3.63) is 54.1 Å². The minimum absolute atomic E-state index is 0.0737. The topological polar surface area (TPSA) is 126 Å². The molecule has 0 atom stereocenters. The maximum Gasteiger partial charge on any atom is 0.256 e. The van der Waals surface area contributed by atoms with E-state index in [-0.39, 0.29) is 11.3 Å². The molecule has 10 nitrogen and oxygen atoms in total. The second-order valence-corrected chi connectivity index (χ2v) is 10.2. The highest BCUT2D eigenvalue weighted by Gasteiger charge is 2.37. The van der Waals surface area contributed by atoms with Crippen molar-refractivity contribution in [1.82, 2.24) is 33.7 Å². The van der Waals surface area contributed by atoms with E-state index in [1.54, 1.807) is 18.5 Å². The zero-order valence-corrected chi connectivity index (χ0v) is 18.4. The number of carbonyl (C=O) groups is 1. The fraction of sp³-hybridized carbons (Fsp3) is 0.333. The van der Waals surface area contributed by atoms with Gasteiger partial charge in [-0.2, -0.15) is 9.19 Å². The summed E-state index contributed by atoms with van der Waals surface area (Å²) in [6.07, 6.45) is 8.75. The summed E-state index contributed by atoms with van der Waals surface area (Å²) in [5.74, 6) is 0.771. The Bertz CT molecular complexity index is 1430. The van der Waals surface area contributed by atoms with Crippen molar-refractivity contribution in [1.29, 1.82) is 0 Å². The van der Waals surface area contributed by atoms with Gasteiger partial charge in [-0.3, -0.25) is 9.78 Å². The quantitative estimate of drug-likeness (QED) is 0.392. The summed E-state index contributed by atoms with van der Waals surface area (Å²) >= 11 is 0. The predicted molar refractivity (Wildman–Crippen MR) is 117 cm³/mol. The Morgan fingerprint density at radius 1 is 1.16 bits per heavy atom. The van der Waals surface area contributed by atoms with E-state index in [0.29, 0.717) is 42.0 Å². The maximum absolute atomic E-state index is 12.4. The lowest BCUT2D eigenvalue weighted by Gasteiger charge is -2.10. The smallest absolute Gasteiger partial charge is 0.256 e. The van der Waals surface area contributed by atoms with Gasteiger partial charge in [-0.1, -0.05) is 0 Å². The molecule has 0 spiro atoms. The third kappa shape index (κ3) is 3.58. The monoisotopic (exact) mass is 451 g/mol. The van der Waals surface area contributed by atoms with E-state index >= 15 is 0 Å². The van der Waals surface area contributed by atoms with Crippen LogP contribution in [0.2, 0.25) is 0 Å². The van der Waals surface area contributed by atoms with E-state index in [9.17, 15) is 13.2 Å². The summed E-state index contributed by atoms with van der Waals surface area (Å²) in [6, 6.07) is 3.78. The molecule has 5 rings (SSSR count). The fourth-order valence-electron chi connectivity index (χ4n) is 3.68. The fourth-order valence-corrected chi connectivity index (χ4v) is 5.16. The van der Waals surface area contributed by atoms with Gasteiger partial charge in [0.15, 0.2) is 17.9 Å². The predicted octanol–water partition coefficient (Wildman–Crippen LogP) is 2.41. The molecular formula is C21H21N7O3S. The Morgan fingerprint density at radius 2 is 1.97 bits per heavy atom. The van der Waals surface area contributed by atoms with Crippen molar-refractivity contribution in [2.45, 2.75) is 44.4 Å². The molecule has 1 aliphatic carbocycles. The van der Waals surface area contributed by atoms with Gasteiger partial charge >= 0.3 is 0 Å². The molecule has 4 aromatic rings. The average molecular weight is 452 g/mol. The first-order valence-electron chi connectivity index (χ1n) is 10.3. The molecule has 164 valence electrons. The molecule has 4 aromatic heterocycles. The normalized spacial score (nSPS) is 14.3. The highest BCUT2D eigenvalue weighted by Crippen LogP contribution is 2.30. The van der Waals surface area contributed by atoms with E-state index < -0.39 is 10.0 Å². The Hall–Kier alpha value is -3.47. The van der Waals surface area contributed by atoms with Gasteiger partial charge in [0.2, 0.25) is 0 Å². The second kappa shape index (κ2) is 7.59. The molecule has 0 amide bonds. The first-order valence-corrected chi connectivity index (χ1v) is 11.8. The molecule has 0 N–H and O–H groups in total. The molecular weight excluding hydrogens is 430 g/mol. The molecule has 0 aromatic carbocycles. The minimum Gasteiger partial charge on any atom is -0.319 e. The van der Waals surface area contributed by atoms with E-state index in [1.807, 2.05) is 24.5 Å². The average Bonchev–Trinajstić information content (AvgIpc) is 3.40. The zero-order chi connectivity index (χ0) is 22.5. The van der Waals surface area contributed by atoms with Crippen LogP contribution in [0.5, 0.6) is 0 Å². The number of rotatable bonds is 7. The molecule has 0 bridgehead atoms. The minimum atomic E-state index is -3.44. The van der Waals surface area contributed by atoms with Crippen LogP contribution in [-0.2, 0) is 16.4 Å². The van der Waals surface area contributed by atoms with Crippen LogP contribution >= 0.6 is 0 Å². The maximum atomic E-state index is 12.4. The zero-order valence-electron chi connectivity index (χ0n) is 17.6.